The van der Waals surface area contributed by atoms with Gasteiger partial charge in [-0.2, -0.15) is 0 Å². The summed E-state index contributed by atoms with van der Waals surface area (Å²) < 4.78 is 26.2. The predicted octanol–water partition coefficient (Wildman–Crippen LogP) is 4.17. The molecule has 0 aromatic heterocycles. The maximum Gasteiger partial charge on any atom is 0.314 e. The molecule has 1 aromatic carbocycles. The fourth-order valence-corrected chi connectivity index (χ4v) is 3.12. The van der Waals surface area contributed by atoms with Gasteiger partial charge in [-0.3, -0.25) is 4.79 Å². The first-order chi connectivity index (χ1) is 9.33. The minimum absolute atomic E-state index is 0.351. The van der Waals surface area contributed by atoms with Gasteiger partial charge in [0.2, 0.25) is 5.92 Å². The molecule has 1 saturated carbocycles. The van der Waals surface area contributed by atoms with Crippen molar-refractivity contribution in [1.82, 2.24) is 0 Å². The van der Waals surface area contributed by atoms with Crippen LogP contribution in [0, 0.1) is 0 Å². The first-order valence-corrected chi connectivity index (χ1v) is 7.04. The van der Waals surface area contributed by atoms with Crippen LogP contribution in [0.4, 0.5) is 8.78 Å². The van der Waals surface area contributed by atoms with E-state index in [0.29, 0.717) is 24.0 Å². The van der Waals surface area contributed by atoms with Crippen LogP contribution in [0.2, 0.25) is 0 Å². The van der Waals surface area contributed by atoms with Gasteiger partial charge in [-0.1, -0.05) is 43.5 Å². The summed E-state index contributed by atoms with van der Waals surface area (Å²) in [7, 11) is 0. The Kier molecular flexibility index (Phi) is 4.11. The molecule has 0 spiro atoms. The lowest BCUT2D eigenvalue weighted by atomic mass is 9.69. The smallest absolute Gasteiger partial charge is 0.314 e. The highest BCUT2D eigenvalue weighted by molar-refractivity contribution is 5.81. The summed E-state index contributed by atoms with van der Waals surface area (Å²) in [5, 5.41) is 9.62. The number of hydrogen-bond donors (Lipinski definition) is 1. The van der Waals surface area contributed by atoms with Crippen LogP contribution >= 0.6 is 0 Å². The Labute approximate surface area is 117 Å². The molecule has 1 aliphatic carbocycles. The van der Waals surface area contributed by atoms with Gasteiger partial charge in [0.15, 0.2) is 0 Å². The molecule has 1 aromatic rings. The van der Waals surface area contributed by atoms with Gasteiger partial charge >= 0.3 is 5.97 Å². The fourth-order valence-electron chi connectivity index (χ4n) is 3.12. The average Bonchev–Trinajstić information content (AvgIpc) is 2.37. The minimum Gasteiger partial charge on any atom is -0.481 e. The Morgan fingerprint density at radius 2 is 1.95 bits per heavy atom. The topological polar surface area (TPSA) is 37.3 Å². The van der Waals surface area contributed by atoms with E-state index in [1.165, 1.54) is 0 Å². The SMILES string of the molecule is CC(F)(F)Cc1cccc(C2(C(=O)O)CCCCC2)c1. The maximum atomic E-state index is 13.1. The van der Waals surface area contributed by atoms with Gasteiger partial charge in [-0.15, -0.1) is 0 Å². The fraction of sp³-hybridized carbons (Fsp3) is 0.562. The van der Waals surface area contributed by atoms with Gasteiger partial charge in [0.25, 0.3) is 0 Å². The molecule has 0 radical (unpaired) electrons. The standard InChI is InChI=1S/C16H20F2O2/c1-15(17,18)11-12-6-5-7-13(10-12)16(14(19)20)8-3-2-4-9-16/h5-7,10H,2-4,8-9,11H2,1H3,(H,19,20). The lowest BCUT2D eigenvalue weighted by Crippen LogP contribution is -2.37. The Morgan fingerprint density at radius 3 is 2.50 bits per heavy atom. The molecule has 4 heteroatoms. The minimum atomic E-state index is -2.78. The van der Waals surface area contributed by atoms with Crippen LogP contribution < -0.4 is 0 Å². The van der Waals surface area contributed by atoms with Crippen LogP contribution in [0.25, 0.3) is 0 Å². The number of hydrogen-bond acceptors (Lipinski definition) is 1. The van der Waals surface area contributed by atoms with Gasteiger partial charge in [-0.05, 0) is 30.9 Å². The second kappa shape index (κ2) is 5.51. The van der Waals surface area contributed by atoms with Crippen molar-refractivity contribution in [2.75, 3.05) is 0 Å². The molecule has 1 fully saturated rings. The van der Waals surface area contributed by atoms with Crippen molar-refractivity contribution in [2.24, 2.45) is 0 Å². The average molecular weight is 282 g/mol. The highest BCUT2D eigenvalue weighted by atomic mass is 19.3. The van der Waals surface area contributed by atoms with E-state index in [9.17, 15) is 18.7 Å². The molecule has 1 aliphatic rings. The van der Waals surface area contributed by atoms with Crippen LogP contribution in [0.3, 0.4) is 0 Å². The molecule has 110 valence electrons. The van der Waals surface area contributed by atoms with Gasteiger partial charge in [0.05, 0.1) is 5.41 Å². The zero-order valence-corrected chi connectivity index (χ0v) is 11.7. The molecule has 0 bridgehead atoms. The molecule has 0 saturated heterocycles. The zero-order valence-electron chi connectivity index (χ0n) is 11.7. The van der Waals surface area contributed by atoms with Gasteiger partial charge in [0, 0.05) is 6.42 Å². The summed E-state index contributed by atoms with van der Waals surface area (Å²) in [4.78, 5) is 11.7. The number of carbonyl (C=O) groups is 1. The van der Waals surface area contributed by atoms with Crippen LogP contribution in [0.1, 0.15) is 50.2 Å². The highest BCUT2D eigenvalue weighted by Gasteiger charge is 2.41. The van der Waals surface area contributed by atoms with Crippen molar-refractivity contribution < 1.29 is 18.7 Å². The largest absolute Gasteiger partial charge is 0.481 e. The number of aliphatic carboxylic acids is 1. The van der Waals surface area contributed by atoms with Crippen molar-refractivity contribution >= 4 is 5.97 Å². The van der Waals surface area contributed by atoms with Crippen LogP contribution in [0.5, 0.6) is 0 Å². The van der Waals surface area contributed by atoms with Crippen LogP contribution in [-0.4, -0.2) is 17.0 Å². The van der Waals surface area contributed by atoms with E-state index in [1.54, 1.807) is 24.3 Å². The summed E-state index contributed by atoms with van der Waals surface area (Å²) in [5.41, 5.74) is 0.282. The van der Waals surface area contributed by atoms with E-state index >= 15 is 0 Å². The van der Waals surface area contributed by atoms with Gasteiger partial charge in [0.1, 0.15) is 0 Å². The third kappa shape index (κ3) is 3.17. The molecule has 0 amide bonds. The van der Waals surface area contributed by atoms with Crippen molar-refractivity contribution in [3.05, 3.63) is 35.4 Å². The lowest BCUT2D eigenvalue weighted by molar-refractivity contribution is -0.145. The first kappa shape index (κ1) is 14.9. The van der Waals surface area contributed by atoms with Gasteiger partial charge in [-0.25, -0.2) is 8.78 Å². The van der Waals surface area contributed by atoms with E-state index in [0.717, 1.165) is 26.2 Å². The Morgan fingerprint density at radius 1 is 1.30 bits per heavy atom. The molecule has 1 N–H and O–H groups in total. The second-order valence-electron chi connectivity index (χ2n) is 5.90. The summed E-state index contributed by atoms with van der Waals surface area (Å²) >= 11 is 0. The first-order valence-electron chi connectivity index (χ1n) is 7.04. The quantitative estimate of drug-likeness (QED) is 0.900. The van der Waals surface area contributed by atoms with E-state index in [2.05, 4.69) is 0 Å². The molecule has 2 nitrogen and oxygen atoms in total. The molecular weight excluding hydrogens is 262 g/mol. The molecule has 0 heterocycles. The molecule has 0 aliphatic heterocycles. The monoisotopic (exact) mass is 282 g/mol. The second-order valence-corrected chi connectivity index (χ2v) is 5.90. The number of carboxylic acid groups (broad SMARTS) is 1. The normalized spacial score (nSPS) is 18.8. The van der Waals surface area contributed by atoms with E-state index in [4.69, 9.17) is 0 Å². The number of alkyl halides is 2. The van der Waals surface area contributed by atoms with Crippen molar-refractivity contribution in [2.45, 2.75) is 56.8 Å². The van der Waals surface area contributed by atoms with Crippen molar-refractivity contribution in [3.63, 3.8) is 0 Å². The number of carboxylic acids is 1. The van der Waals surface area contributed by atoms with Crippen LogP contribution in [-0.2, 0) is 16.6 Å². The number of halogens is 2. The summed E-state index contributed by atoms with van der Waals surface area (Å²) in [5.74, 6) is -3.61. The summed E-state index contributed by atoms with van der Waals surface area (Å²) in [6, 6.07) is 6.74. The van der Waals surface area contributed by atoms with E-state index in [-0.39, 0.29) is 6.42 Å². The van der Waals surface area contributed by atoms with Crippen LogP contribution in [0.15, 0.2) is 24.3 Å². The maximum absolute atomic E-state index is 13.1. The molecule has 0 unspecified atom stereocenters. The Hall–Kier alpha value is -1.45. The summed E-state index contributed by atoms with van der Waals surface area (Å²) in [6.07, 6.45) is 3.63. The van der Waals surface area contributed by atoms with Crippen molar-refractivity contribution in [3.8, 4) is 0 Å². The van der Waals surface area contributed by atoms with E-state index < -0.39 is 17.3 Å². The summed E-state index contributed by atoms with van der Waals surface area (Å²) in [6.45, 7) is 0.882. The lowest BCUT2D eigenvalue weighted by Gasteiger charge is -2.34. The molecule has 2 rings (SSSR count). The molecular formula is C16H20F2O2. The van der Waals surface area contributed by atoms with Crippen molar-refractivity contribution in [1.29, 1.82) is 0 Å². The molecule has 0 atom stereocenters. The Bertz CT molecular complexity index is 485. The number of rotatable bonds is 4. The Balaban J connectivity index is 2.35. The molecule has 20 heavy (non-hydrogen) atoms. The highest BCUT2D eigenvalue weighted by Crippen LogP contribution is 2.40. The zero-order chi connectivity index (χ0) is 14.8. The van der Waals surface area contributed by atoms with E-state index in [1.807, 2.05) is 0 Å². The third-order valence-corrected chi connectivity index (χ3v) is 4.11. The third-order valence-electron chi connectivity index (χ3n) is 4.11. The predicted molar refractivity (Wildman–Crippen MR) is 73.2 cm³/mol. The number of benzene rings is 1. The van der Waals surface area contributed by atoms with Gasteiger partial charge < -0.3 is 5.11 Å².